The first-order chi connectivity index (χ1) is 9.49. The molecule has 0 N–H and O–H groups in total. The number of carbonyl (C=O) groups excluding carboxylic acids is 1. The van der Waals surface area contributed by atoms with Gasteiger partial charge in [0.25, 0.3) is 11.6 Å². The lowest BCUT2D eigenvalue weighted by Gasteiger charge is -2.35. The van der Waals surface area contributed by atoms with Crippen LogP contribution in [-0.2, 0) is 4.79 Å². The number of anilines is 1. The third kappa shape index (κ3) is 3.01. The predicted octanol–water partition coefficient (Wildman–Crippen LogP) is 1.51. The Morgan fingerprint density at radius 3 is 2.15 bits per heavy atom. The summed E-state index contributed by atoms with van der Waals surface area (Å²) in [6, 6.07) is 6.02. The summed E-state index contributed by atoms with van der Waals surface area (Å²) in [6.45, 7) is 1.30. The smallest absolute Gasteiger partial charge is 0.315 e. The standard InChI is InChI=1S/C12H13F2N3O3/c13-11(14)12(18)16-7-5-15(6-8-16)9-1-3-10(4-2-9)17(19)20/h1-4,11H,5-8H2. The van der Waals surface area contributed by atoms with Crippen LogP contribution in [-0.4, -0.2) is 48.3 Å². The molecule has 0 aliphatic carbocycles. The van der Waals surface area contributed by atoms with Gasteiger partial charge in [-0.05, 0) is 12.1 Å². The van der Waals surface area contributed by atoms with Crippen molar-refractivity contribution < 1.29 is 18.5 Å². The third-order valence-corrected chi connectivity index (χ3v) is 3.20. The highest BCUT2D eigenvalue weighted by Gasteiger charge is 2.27. The van der Waals surface area contributed by atoms with Gasteiger partial charge < -0.3 is 9.80 Å². The van der Waals surface area contributed by atoms with E-state index < -0.39 is 17.3 Å². The van der Waals surface area contributed by atoms with Gasteiger partial charge in [0.1, 0.15) is 0 Å². The molecule has 1 amide bonds. The molecule has 20 heavy (non-hydrogen) atoms. The molecule has 0 radical (unpaired) electrons. The van der Waals surface area contributed by atoms with Crippen molar-refractivity contribution in [3.8, 4) is 0 Å². The van der Waals surface area contributed by atoms with Gasteiger partial charge in [-0.3, -0.25) is 14.9 Å². The summed E-state index contributed by atoms with van der Waals surface area (Å²) in [5.74, 6) is -1.15. The second-order valence-corrected chi connectivity index (χ2v) is 4.39. The molecular weight excluding hydrogens is 272 g/mol. The summed E-state index contributed by atoms with van der Waals surface area (Å²) in [4.78, 5) is 24.2. The summed E-state index contributed by atoms with van der Waals surface area (Å²) in [5.41, 5.74) is 0.778. The Morgan fingerprint density at radius 1 is 1.15 bits per heavy atom. The van der Waals surface area contributed by atoms with Crippen molar-refractivity contribution in [3.63, 3.8) is 0 Å². The maximum atomic E-state index is 12.3. The Labute approximate surface area is 113 Å². The molecular formula is C12H13F2N3O3. The number of rotatable bonds is 3. The van der Waals surface area contributed by atoms with E-state index in [0.717, 1.165) is 10.6 Å². The molecule has 0 aromatic heterocycles. The molecule has 1 aliphatic heterocycles. The summed E-state index contributed by atoms with van der Waals surface area (Å²) >= 11 is 0. The predicted molar refractivity (Wildman–Crippen MR) is 67.9 cm³/mol. The van der Waals surface area contributed by atoms with E-state index in [-0.39, 0.29) is 18.8 Å². The Balaban J connectivity index is 1.97. The molecule has 0 bridgehead atoms. The van der Waals surface area contributed by atoms with Crippen molar-refractivity contribution in [3.05, 3.63) is 34.4 Å². The average Bonchev–Trinajstić information content (AvgIpc) is 2.46. The van der Waals surface area contributed by atoms with E-state index in [1.807, 2.05) is 4.90 Å². The number of non-ortho nitro benzene ring substituents is 1. The number of hydrogen-bond donors (Lipinski definition) is 0. The van der Waals surface area contributed by atoms with Gasteiger partial charge in [-0.2, -0.15) is 8.78 Å². The van der Waals surface area contributed by atoms with Crippen LogP contribution in [0, 0.1) is 10.1 Å². The van der Waals surface area contributed by atoms with Crippen molar-refractivity contribution in [1.29, 1.82) is 0 Å². The number of halogens is 2. The molecule has 0 unspecified atom stereocenters. The monoisotopic (exact) mass is 285 g/mol. The number of alkyl halides is 2. The van der Waals surface area contributed by atoms with Crippen molar-refractivity contribution in [2.75, 3.05) is 31.1 Å². The van der Waals surface area contributed by atoms with Crippen LogP contribution in [0.25, 0.3) is 0 Å². The molecule has 8 heteroatoms. The molecule has 1 saturated heterocycles. The van der Waals surface area contributed by atoms with Gasteiger partial charge >= 0.3 is 6.43 Å². The zero-order valence-corrected chi connectivity index (χ0v) is 10.5. The first kappa shape index (κ1) is 14.2. The molecule has 1 aliphatic rings. The maximum Gasteiger partial charge on any atom is 0.315 e. The number of hydrogen-bond acceptors (Lipinski definition) is 4. The van der Waals surface area contributed by atoms with Crippen LogP contribution in [0.4, 0.5) is 20.2 Å². The third-order valence-electron chi connectivity index (χ3n) is 3.20. The van der Waals surface area contributed by atoms with Crippen molar-refractivity contribution >= 4 is 17.3 Å². The molecule has 0 spiro atoms. The number of amides is 1. The summed E-state index contributed by atoms with van der Waals surface area (Å²) in [6.07, 6.45) is -2.97. The van der Waals surface area contributed by atoms with E-state index in [1.54, 1.807) is 12.1 Å². The van der Waals surface area contributed by atoms with Crippen molar-refractivity contribution in [2.45, 2.75) is 6.43 Å². The van der Waals surface area contributed by atoms with Crippen LogP contribution in [0.3, 0.4) is 0 Å². The minimum Gasteiger partial charge on any atom is -0.368 e. The van der Waals surface area contributed by atoms with E-state index in [4.69, 9.17) is 0 Å². The van der Waals surface area contributed by atoms with Crippen LogP contribution in [0.2, 0.25) is 0 Å². The van der Waals surface area contributed by atoms with Gasteiger partial charge in [0, 0.05) is 44.0 Å². The van der Waals surface area contributed by atoms with Gasteiger partial charge in [0.2, 0.25) is 0 Å². The van der Waals surface area contributed by atoms with Crippen LogP contribution in [0.1, 0.15) is 0 Å². The number of nitrogens with zero attached hydrogens (tertiary/aromatic N) is 3. The Kier molecular flexibility index (Phi) is 4.11. The lowest BCUT2D eigenvalue weighted by molar-refractivity contribution is -0.384. The highest BCUT2D eigenvalue weighted by Crippen LogP contribution is 2.20. The number of nitro benzene ring substituents is 1. The van der Waals surface area contributed by atoms with Gasteiger partial charge in [-0.25, -0.2) is 0 Å². The number of piperazine rings is 1. The minimum atomic E-state index is -2.97. The number of carbonyl (C=O) groups is 1. The fraction of sp³-hybridized carbons (Fsp3) is 0.417. The summed E-state index contributed by atoms with van der Waals surface area (Å²) in [5, 5.41) is 10.5. The van der Waals surface area contributed by atoms with Gasteiger partial charge in [-0.1, -0.05) is 0 Å². The Hall–Kier alpha value is -2.25. The molecule has 1 aromatic carbocycles. The fourth-order valence-electron chi connectivity index (χ4n) is 2.11. The van der Waals surface area contributed by atoms with Gasteiger partial charge in [0.15, 0.2) is 0 Å². The zero-order valence-electron chi connectivity index (χ0n) is 10.5. The molecule has 108 valence electrons. The van der Waals surface area contributed by atoms with Crippen molar-refractivity contribution in [2.24, 2.45) is 0 Å². The number of nitro groups is 1. The van der Waals surface area contributed by atoms with E-state index in [0.29, 0.717) is 13.1 Å². The lowest BCUT2D eigenvalue weighted by atomic mass is 10.2. The van der Waals surface area contributed by atoms with Crippen LogP contribution in [0.5, 0.6) is 0 Å². The van der Waals surface area contributed by atoms with E-state index in [9.17, 15) is 23.7 Å². The second-order valence-electron chi connectivity index (χ2n) is 4.39. The Morgan fingerprint density at radius 2 is 1.70 bits per heavy atom. The average molecular weight is 285 g/mol. The minimum absolute atomic E-state index is 0.000245. The zero-order chi connectivity index (χ0) is 14.7. The summed E-state index contributed by atoms with van der Waals surface area (Å²) in [7, 11) is 0. The first-order valence-electron chi connectivity index (χ1n) is 6.05. The molecule has 1 aromatic rings. The second kappa shape index (κ2) is 5.81. The maximum absolute atomic E-state index is 12.3. The van der Waals surface area contributed by atoms with Crippen LogP contribution < -0.4 is 4.90 Å². The van der Waals surface area contributed by atoms with Crippen LogP contribution >= 0.6 is 0 Å². The molecule has 0 atom stereocenters. The molecule has 6 nitrogen and oxygen atoms in total. The fourth-order valence-corrected chi connectivity index (χ4v) is 2.11. The molecule has 2 rings (SSSR count). The normalized spacial score (nSPS) is 15.6. The summed E-state index contributed by atoms with van der Waals surface area (Å²) < 4.78 is 24.6. The van der Waals surface area contributed by atoms with E-state index in [2.05, 4.69) is 0 Å². The quantitative estimate of drug-likeness (QED) is 0.623. The van der Waals surface area contributed by atoms with E-state index in [1.165, 1.54) is 12.1 Å². The van der Waals surface area contributed by atoms with Gasteiger partial charge in [-0.15, -0.1) is 0 Å². The molecule has 1 fully saturated rings. The molecule has 1 heterocycles. The van der Waals surface area contributed by atoms with E-state index >= 15 is 0 Å². The van der Waals surface area contributed by atoms with Gasteiger partial charge in [0.05, 0.1) is 4.92 Å². The first-order valence-corrected chi connectivity index (χ1v) is 6.05. The largest absolute Gasteiger partial charge is 0.368 e. The highest BCUT2D eigenvalue weighted by molar-refractivity contribution is 5.79. The number of benzene rings is 1. The SMILES string of the molecule is O=C(C(F)F)N1CCN(c2ccc([N+](=O)[O-])cc2)CC1. The molecule has 0 saturated carbocycles. The Bertz CT molecular complexity index is 499. The highest BCUT2D eigenvalue weighted by atomic mass is 19.3. The van der Waals surface area contributed by atoms with Crippen molar-refractivity contribution in [1.82, 2.24) is 4.90 Å². The lowest BCUT2D eigenvalue weighted by Crippen LogP contribution is -2.50. The van der Waals surface area contributed by atoms with Crippen LogP contribution in [0.15, 0.2) is 24.3 Å². The topological polar surface area (TPSA) is 66.7 Å².